The fourth-order valence-corrected chi connectivity index (χ4v) is 3.69. The number of benzene rings is 2. The number of halogens is 1. The number of aromatic nitrogens is 5. The summed E-state index contributed by atoms with van der Waals surface area (Å²) in [5, 5.41) is 13.5. The molecular weight excluding hydrogens is 406 g/mol. The zero-order valence-corrected chi connectivity index (χ0v) is 16.2. The molecule has 2 heterocycles. The quantitative estimate of drug-likeness (QED) is 0.497. The highest BCUT2D eigenvalue weighted by Gasteiger charge is 2.50. The Morgan fingerprint density at radius 1 is 1.00 bits per heavy atom. The fraction of sp³-hybridized carbons (Fsp3) is 0.200. The Labute approximate surface area is 164 Å². The van der Waals surface area contributed by atoms with E-state index in [-0.39, 0.29) is 5.41 Å². The van der Waals surface area contributed by atoms with Crippen LogP contribution in [-0.2, 0) is 5.41 Å². The van der Waals surface area contributed by atoms with Crippen molar-refractivity contribution in [3.8, 4) is 17.0 Å². The van der Waals surface area contributed by atoms with Crippen LogP contribution in [0.4, 0.5) is 0 Å². The van der Waals surface area contributed by atoms with Gasteiger partial charge in [-0.3, -0.25) is 0 Å². The van der Waals surface area contributed by atoms with E-state index in [0.717, 1.165) is 40.1 Å². The first-order valence-electron chi connectivity index (χ1n) is 8.69. The summed E-state index contributed by atoms with van der Waals surface area (Å²) in [5.41, 5.74) is 2.84. The standard InChI is InChI=1S/C20H16BrN5O/c1-27-16-8-4-14(5-9-16)20(10-11-20)18-23-24-19-22-12-17(25-26(18)19)13-2-6-15(21)7-3-13/h2-9,12H,10-11H2,1H3. The van der Waals surface area contributed by atoms with Gasteiger partial charge in [0.15, 0.2) is 5.82 Å². The molecule has 1 saturated carbocycles. The predicted octanol–water partition coefficient (Wildman–Crippen LogP) is 4.04. The monoisotopic (exact) mass is 421 g/mol. The average Bonchev–Trinajstić information content (AvgIpc) is 3.41. The van der Waals surface area contributed by atoms with Gasteiger partial charge in [0, 0.05) is 10.0 Å². The molecule has 5 rings (SSSR count). The highest BCUT2D eigenvalue weighted by atomic mass is 79.9. The van der Waals surface area contributed by atoms with Gasteiger partial charge < -0.3 is 4.74 Å². The lowest BCUT2D eigenvalue weighted by Gasteiger charge is -2.14. The topological polar surface area (TPSA) is 65.2 Å². The van der Waals surface area contributed by atoms with E-state index < -0.39 is 0 Å². The zero-order chi connectivity index (χ0) is 18.4. The van der Waals surface area contributed by atoms with Gasteiger partial charge in [0.25, 0.3) is 5.78 Å². The number of hydrogen-bond acceptors (Lipinski definition) is 5. The molecule has 6 nitrogen and oxygen atoms in total. The van der Waals surface area contributed by atoms with E-state index in [1.165, 1.54) is 5.56 Å². The minimum atomic E-state index is -0.154. The molecule has 2 aromatic carbocycles. The van der Waals surface area contributed by atoms with E-state index in [4.69, 9.17) is 9.84 Å². The van der Waals surface area contributed by atoms with Gasteiger partial charge in [0.2, 0.25) is 0 Å². The molecular formula is C20H16BrN5O. The third-order valence-corrected chi connectivity index (χ3v) is 5.62. The maximum Gasteiger partial charge on any atom is 0.271 e. The molecule has 0 aliphatic heterocycles. The molecule has 1 aliphatic rings. The van der Waals surface area contributed by atoms with Gasteiger partial charge in [0.05, 0.1) is 18.7 Å². The van der Waals surface area contributed by atoms with Gasteiger partial charge in [-0.15, -0.1) is 10.2 Å². The number of methoxy groups -OCH3 is 1. The van der Waals surface area contributed by atoms with Gasteiger partial charge in [-0.05, 0) is 42.7 Å². The maximum atomic E-state index is 5.28. The lowest BCUT2D eigenvalue weighted by molar-refractivity contribution is 0.414. The summed E-state index contributed by atoms with van der Waals surface area (Å²) in [6, 6.07) is 16.2. The lowest BCUT2D eigenvalue weighted by atomic mass is 9.95. The summed E-state index contributed by atoms with van der Waals surface area (Å²) >= 11 is 3.46. The number of ether oxygens (including phenoxy) is 1. The Kier molecular flexibility index (Phi) is 3.72. The second-order valence-electron chi connectivity index (χ2n) is 6.70. The van der Waals surface area contributed by atoms with Crippen LogP contribution in [0.25, 0.3) is 17.0 Å². The first-order chi connectivity index (χ1) is 13.2. The van der Waals surface area contributed by atoms with Gasteiger partial charge in [-0.25, -0.2) is 4.98 Å². The van der Waals surface area contributed by atoms with Crippen LogP contribution in [0.3, 0.4) is 0 Å². The summed E-state index contributed by atoms with van der Waals surface area (Å²) in [5.74, 6) is 2.21. The summed E-state index contributed by atoms with van der Waals surface area (Å²) in [4.78, 5) is 4.46. The molecule has 1 aliphatic carbocycles. The van der Waals surface area contributed by atoms with Gasteiger partial charge in [0.1, 0.15) is 11.4 Å². The Hall–Kier alpha value is -2.80. The molecule has 0 atom stereocenters. The molecule has 2 aromatic heterocycles. The molecule has 27 heavy (non-hydrogen) atoms. The summed E-state index contributed by atoms with van der Waals surface area (Å²) in [7, 11) is 1.67. The van der Waals surface area contributed by atoms with Crippen LogP contribution in [0.1, 0.15) is 24.2 Å². The number of fused-ring (bicyclic) bond motifs is 1. The van der Waals surface area contributed by atoms with E-state index in [9.17, 15) is 0 Å². The molecule has 7 heteroatoms. The molecule has 4 aromatic rings. The average molecular weight is 422 g/mol. The summed E-state index contributed by atoms with van der Waals surface area (Å²) in [6.45, 7) is 0. The number of hydrogen-bond donors (Lipinski definition) is 0. The highest BCUT2D eigenvalue weighted by Crippen LogP contribution is 2.52. The second kappa shape index (κ2) is 6.13. The van der Waals surface area contributed by atoms with Crippen LogP contribution in [0.2, 0.25) is 0 Å². The van der Waals surface area contributed by atoms with Crippen molar-refractivity contribution >= 4 is 21.7 Å². The SMILES string of the molecule is COc1ccc(C2(c3nnc4ncc(-c5ccc(Br)cc5)nn34)CC2)cc1. The number of nitrogens with zero attached hydrogens (tertiary/aromatic N) is 5. The first-order valence-corrected chi connectivity index (χ1v) is 9.48. The van der Waals surface area contributed by atoms with E-state index >= 15 is 0 Å². The Balaban J connectivity index is 1.60. The van der Waals surface area contributed by atoms with Crippen LogP contribution in [0, 0.1) is 0 Å². The molecule has 0 amide bonds. The van der Waals surface area contributed by atoms with Crippen molar-refractivity contribution in [3.05, 3.63) is 70.6 Å². The predicted molar refractivity (Wildman–Crippen MR) is 105 cm³/mol. The van der Waals surface area contributed by atoms with Crippen LogP contribution in [-0.4, -0.2) is 31.9 Å². The van der Waals surface area contributed by atoms with E-state index in [1.807, 2.05) is 36.4 Å². The van der Waals surface area contributed by atoms with Crippen molar-refractivity contribution in [2.24, 2.45) is 0 Å². The van der Waals surface area contributed by atoms with Crippen molar-refractivity contribution in [2.45, 2.75) is 18.3 Å². The first kappa shape index (κ1) is 16.4. The minimum Gasteiger partial charge on any atom is -0.497 e. The highest BCUT2D eigenvalue weighted by molar-refractivity contribution is 9.10. The normalized spacial score (nSPS) is 15.0. The van der Waals surface area contributed by atoms with Crippen LogP contribution >= 0.6 is 15.9 Å². The summed E-state index contributed by atoms with van der Waals surface area (Å²) in [6.07, 6.45) is 3.78. The van der Waals surface area contributed by atoms with Crippen LogP contribution in [0.15, 0.2) is 59.2 Å². The largest absolute Gasteiger partial charge is 0.497 e. The van der Waals surface area contributed by atoms with Crippen molar-refractivity contribution in [1.29, 1.82) is 0 Å². The Morgan fingerprint density at radius 2 is 1.74 bits per heavy atom. The van der Waals surface area contributed by atoms with E-state index in [1.54, 1.807) is 17.8 Å². The second-order valence-corrected chi connectivity index (χ2v) is 7.61. The Bertz CT molecular complexity index is 1120. The van der Waals surface area contributed by atoms with E-state index in [2.05, 4.69) is 43.2 Å². The summed E-state index contributed by atoms with van der Waals surface area (Å²) < 4.78 is 8.09. The van der Waals surface area contributed by atoms with Crippen LogP contribution in [0.5, 0.6) is 5.75 Å². The van der Waals surface area contributed by atoms with Crippen LogP contribution < -0.4 is 4.74 Å². The third-order valence-electron chi connectivity index (χ3n) is 5.09. The molecule has 0 radical (unpaired) electrons. The molecule has 134 valence electrons. The molecule has 0 spiro atoms. The van der Waals surface area contributed by atoms with E-state index in [0.29, 0.717) is 5.78 Å². The Morgan fingerprint density at radius 3 is 2.41 bits per heavy atom. The fourth-order valence-electron chi connectivity index (χ4n) is 3.42. The molecule has 0 unspecified atom stereocenters. The van der Waals surface area contributed by atoms with Crippen molar-refractivity contribution in [3.63, 3.8) is 0 Å². The van der Waals surface area contributed by atoms with Gasteiger partial charge in [-0.2, -0.15) is 9.61 Å². The van der Waals surface area contributed by atoms with Gasteiger partial charge >= 0.3 is 0 Å². The maximum absolute atomic E-state index is 5.28. The smallest absolute Gasteiger partial charge is 0.271 e. The molecule has 1 fully saturated rings. The molecule has 0 bridgehead atoms. The minimum absolute atomic E-state index is 0.154. The molecule has 0 saturated heterocycles. The van der Waals surface area contributed by atoms with Crippen molar-refractivity contribution in [2.75, 3.05) is 7.11 Å². The zero-order valence-electron chi connectivity index (χ0n) is 14.6. The van der Waals surface area contributed by atoms with Gasteiger partial charge in [-0.1, -0.05) is 40.2 Å². The van der Waals surface area contributed by atoms with Crippen molar-refractivity contribution in [1.82, 2.24) is 24.8 Å². The third kappa shape index (κ3) is 2.70. The van der Waals surface area contributed by atoms with Crippen molar-refractivity contribution < 1.29 is 4.74 Å². The number of rotatable bonds is 4. The molecule has 0 N–H and O–H groups in total. The lowest BCUT2D eigenvalue weighted by Crippen LogP contribution is -2.15.